The summed E-state index contributed by atoms with van der Waals surface area (Å²) in [5.74, 6) is 0.301. The number of phenolic OH excluding ortho intramolecular Hbond substituents is 1. The summed E-state index contributed by atoms with van der Waals surface area (Å²) in [5.41, 5.74) is 5.05. The number of nitrogens with one attached hydrogen (secondary N) is 2. The Morgan fingerprint density at radius 2 is 1.42 bits per heavy atom. The van der Waals surface area contributed by atoms with E-state index in [1.807, 2.05) is 29.2 Å². The van der Waals surface area contributed by atoms with Crippen molar-refractivity contribution < 1.29 is 24.2 Å². The number of ether oxygens (including phenoxy) is 1. The maximum Gasteiger partial charge on any atom is 0.255 e. The first-order valence-electron chi connectivity index (χ1n) is 18.0. The van der Waals surface area contributed by atoms with Crippen LogP contribution in [0.2, 0.25) is 0 Å². The fourth-order valence-electron chi connectivity index (χ4n) is 7.49. The van der Waals surface area contributed by atoms with Gasteiger partial charge in [-0.05, 0) is 83.0 Å². The highest BCUT2D eigenvalue weighted by Crippen LogP contribution is 2.58. The van der Waals surface area contributed by atoms with Crippen LogP contribution in [0, 0.1) is 0 Å². The lowest BCUT2D eigenvalue weighted by atomic mass is 9.74. The number of fused-ring (bicyclic) bond motifs is 6. The van der Waals surface area contributed by atoms with Crippen LogP contribution in [0.5, 0.6) is 17.2 Å². The molecule has 52 heavy (non-hydrogen) atoms. The van der Waals surface area contributed by atoms with Crippen molar-refractivity contribution in [2.24, 2.45) is 0 Å². The molecule has 4 aromatic carbocycles. The quantitative estimate of drug-likeness (QED) is 0.0763. The highest BCUT2D eigenvalue weighted by Gasteiger charge is 2.56. The zero-order valence-electron chi connectivity index (χ0n) is 30.6. The van der Waals surface area contributed by atoms with E-state index in [2.05, 4.69) is 91.1 Å². The molecule has 0 saturated carbocycles. The van der Waals surface area contributed by atoms with Gasteiger partial charge in [0.05, 0.1) is 11.3 Å². The average Bonchev–Trinajstić information content (AvgIpc) is 3.39. The molecule has 0 fully saturated rings. The van der Waals surface area contributed by atoms with E-state index < -0.39 is 17.4 Å². The molecule has 4 aromatic rings. The highest BCUT2D eigenvalue weighted by atomic mass is 16.5. The number of carbonyl (C=O) groups is 3. The number of phenols is 1. The van der Waals surface area contributed by atoms with E-state index in [1.165, 1.54) is 18.2 Å². The predicted octanol–water partition coefficient (Wildman–Crippen LogP) is 7.27. The van der Waals surface area contributed by atoms with Crippen molar-refractivity contribution in [2.45, 2.75) is 46.6 Å². The van der Waals surface area contributed by atoms with Gasteiger partial charge in [0, 0.05) is 85.0 Å². The van der Waals surface area contributed by atoms with Crippen LogP contribution in [0.15, 0.2) is 91.0 Å². The Morgan fingerprint density at radius 3 is 2.00 bits per heavy atom. The Balaban J connectivity index is 1.38. The lowest BCUT2D eigenvalue weighted by Crippen LogP contribution is -2.48. The van der Waals surface area contributed by atoms with E-state index >= 15 is 0 Å². The average molecular weight is 702 g/mol. The molecule has 0 unspecified atom stereocenters. The molecular weight excluding hydrogens is 654 g/mol. The van der Waals surface area contributed by atoms with Crippen molar-refractivity contribution in [1.29, 1.82) is 0 Å². The Hall–Kier alpha value is -5.77. The number of benzene rings is 4. The lowest BCUT2D eigenvalue weighted by Gasteiger charge is -2.45. The van der Waals surface area contributed by atoms with Crippen LogP contribution in [-0.2, 0) is 10.3 Å². The maximum atomic E-state index is 14.5. The molecule has 0 saturated heterocycles. The number of aromatic hydroxyl groups is 1. The molecule has 3 N–H and O–H groups in total. The second kappa shape index (κ2) is 14.8. The molecule has 0 aromatic heterocycles. The molecule has 2 aliphatic rings. The molecule has 0 atom stereocenters. The van der Waals surface area contributed by atoms with Gasteiger partial charge in [0.15, 0.2) is 0 Å². The molecule has 3 amide bonds. The smallest absolute Gasteiger partial charge is 0.255 e. The van der Waals surface area contributed by atoms with Crippen LogP contribution in [0.4, 0.5) is 17.1 Å². The molecule has 10 heteroatoms. The number of nitrogens with zero attached hydrogens (tertiary/aromatic N) is 3. The normalized spacial score (nSPS) is 13.5. The largest absolute Gasteiger partial charge is 0.508 e. The standard InChI is InChI=1S/C42H47N5O5/c1-7-45(8-2)28-16-19-34-37(24-28)52-38-25-29(46(9-3)10-4)17-20-35(38)42(34)33-15-12-11-14-31(33)41(51)47(42)23-13-22-43-40(50)32-26-30(48)18-21-36(32)44-39(49)27(5)6/h11-12,14-21,24-26,48H,5,7-10,13,22-23H2,1-4,6H3,(H,43,50)(H,44,49). The molecule has 0 aliphatic carbocycles. The third-order valence-corrected chi connectivity index (χ3v) is 10.1. The van der Waals surface area contributed by atoms with Crippen molar-refractivity contribution in [3.05, 3.63) is 119 Å². The van der Waals surface area contributed by atoms with E-state index in [0.29, 0.717) is 30.0 Å². The number of amides is 3. The van der Waals surface area contributed by atoms with Gasteiger partial charge in [0.25, 0.3) is 17.7 Å². The van der Waals surface area contributed by atoms with Gasteiger partial charge in [0.1, 0.15) is 22.8 Å². The zero-order chi connectivity index (χ0) is 37.2. The van der Waals surface area contributed by atoms with Gasteiger partial charge < -0.3 is 35.2 Å². The molecule has 0 bridgehead atoms. The van der Waals surface area contributed by atoms with Crippen LogP contribution < -0.4 is 25.2 Å². The number of hydrogen-bond acceptors (Lipinski definition) is 7. The fraction of sp³-hybridized carbons (Fsp3) is 0.310. The Bertz CT molecular complexity index is 1970. The van der Waals surface area contributed by atoms with Crippen LogP contribution in [0.1, 0.15) is 78.4 Å². The van der Waals surface area contributed by atoms with Gasteiger partial charge in [-0.1, -0.05) is 36.9 Å². The van der Waals surface area contributed by atoms with Crippen molar-refractivity contribution in [2.75, 3.05) is 54.4 Å². The van der Waals surface area contributed by atoms with Crippen LogP contribution >= 0.6 is 0 Å². The van der Waals surface area contributed by atoms with Gasteiger partial charge >= 0.3 is 0 Å². The SMILES string of the molecule is C=C(C)C(=O)Nc1ccc(O)cc1C(=O)NCCCN1C(=O)c2ccccc2C12c1ccc(N(CC)CC)cc1Oc1cc(N(CC)CC)ccc12. The number of carbonyl (C=O) groups excluding carboxylic acids is 3. The van der Waals surface area contributed by atoms with E-state index in [-0.39, 0.29) is 35.0 Å². The summed E-state index contributed by atoms with van der Waals surface area (Å²) in [6.45, 7) is 17.7. The molecule has 6 rings (SSSR count). The molecule has 270 valence electrons. The molecule has 2 aliphatic heterocycles. The fourth-order valence-corrected chi connectivity index (χ4v) is 7.49. The predicted molar refractivity (Wildman–Crippen MR) is 206 cm³/mol. The van der Waals surface area contributed by atoms with Gasteiger partial charge in [0.2, 0.25) is 0 Å². The van der Waals surface area contributed by atoms with Crippen molar-refractivity contribution in [3.8, 4) is 17.2 Å². The first kappa shape index (κ1) is 36.0. The Labute approximate surface area is 305 Å². The van der Waals surface area contributed by atoms with Crippen molar-refractivity contribution >= 4 is 34.8 Å². The number of rotatable bonds is 13. The summed E-state index contributed by atoms with van der Waals surface area (Å²) >= 11 is 0. The summed E-state index contributed by atoms with van der Waals surface area (Å²) in [6, 6.07) is 24.5. The van der Waals surface area contributed by atoms with E-state index in [9.17, 15) is 19.5 Å². The van der Waals surface area contributed by atoms with Crippen LogP contribution in [0.3, 0.4) is 0 Å². The van der Waals surface area contributed by atoms with E-state index in [4.69, 9.17) is 4.74 Å². The minimum absolute atomic E-state index is 0.0980. The summed E-state index contributed by atoms with van der Waals surface area (Å²) in [6.07, 6.45) is 0.431. The summed E-state index contributed by atoms with van der Waals surface area (Å²) in [4.78, 5) is 46.7. The number of hydrogen-bond donors (Lipinski definition) is 3. The first-order chi connectivity index (χ1) is 25.1. The van der Waals surface area contributed by atoms with Crippen LogP contribution in [-0.4, -0.2) is 67.0 Å². The molecule has 0 radical (unpaired) electrons. The number of anilines is 3. The topological polar surface area (TPSA) is 114 Å². The van der Waals surface area contributed by atoms with Gasteiger partial charge in [-0.25, -0.2) is 0 Å². The minimum Gasteiger partial charge on any atom is -0.508 e. The van der Waals surface area contributed by atoms with Gasteiger partial charge in [-0.3, -0.25) is 14.4 Å². The van der Waals surface area contributed by atoms with E-state index in [1.54, 1.807) is 6.92 Å². The summed E-state index contributed by atoms with van der Waals surface area (Å²) < 4.78 is 6.79. The second-order valence-corrected chi connectivity index (χ2v) is 13.1. The van der Waals surface area contributed by atoms with Gasteiger partial charge in [-0.2, -0.15) is 0 Å². The Morgan fingerprint density at radius 1 is 0.827 bits per heavy atom. The zero-order valence-corrected chi connectivity index (χ0v) is 30.6. The van der Waals surface area contributed by atoms with Crippen LogP contribution in [0.25, 0.3) is 0 Å². The lowest BCUT2D eigenvalue weighted by molar-refractivity contribution is -0.112. The minimum atomic E-state index is -0.977. The highest BCUT2D eigenvalue weighted by molar-refractivity contribution is 6.08. The maximum absolute atomic E-state index is 14.5. The van der Waals surface area contributed by atoms with Gasteiger partial charge in [-0.15, -0.1) is 0 Å². The summed E-state index contributed by atoms with van der Waals surface area (Å²) in [5, 5.41) is 15.8. The van der Waals surface area contributed by atoms with Crippen molar-refractivity contribution in [3.63, 3.8) is 0 Å². The Kier molecular flexibility index (Phi) is 10.3. The monoisotopic (exact) mass is 701 g/mol. The van der Waals surface area contributed by atoms with Crippen molar-refractivity contribution in [1.82, 2.24) is 10.2 Å². The third kappa shape index (κ3) is 6.23. The molecule has 10 nitrogen and oxygen atoms in total. The molecule has 2 heterocycles. The first-order valence-corrected chi connectivity index (χ1v) is 18.0. The van der Waals surface area contributed by atoms with E-state index in [0.717, 1.165) is 54.2 Å². The third-order valence-electron chi connectivity index (χ3n) is 10.1. The second-order valence-electron chi connectivity index (χ2n) is 13.1. The molecular formula is C42H47N5O5. The molecule has 1 spiro atoms. The summed E-state index contributed by atoms with van der Waals surface area (Å²) in [7, 11) is 0.